The van der Waals surface area contributed by atoms with Gasteiger partial charge in [-0.25, -0.2) is 4.98 Å². The van der Waals surface area contributed by atoms with Crippen LogP contribution in [0.4, 0.5) is 0 Å². The summed E-state index contributed by atoms with van der Waals surface area (Å²) in [7, 11) is 0. The second kappa shape index (κ2) is 9.87. The molecule has 3 aliphatic heterocycles. The van der Waals surface area contributed by atoms with Gasteiger partial charge in [0.05, 0.1) is 12.2 Å². The van der Waals surface area contributed by atoms with Gasteiger partial charge in [-0.15, -0.1) is 11.3 Å². The number of hydrogen-bond donors (Lipinski definition) is 0. The molecule has 1 amide bonds. The zero-order valence-corrected chi connectivity index (χ0v) is 21.8. The third-order valence-corrected chi connectivity index (χ3v) is 9.46. The average molecular weight is 494 g/mol. The van der Waals surface area contributed by atoms with Crippen LogP contribution in [0.25, 0.3) is 0 Å². The molecule has 3 aliphatic rings. The lowest BCUT2D eigenvalue weighted by Gasteiger charge is -2.41. The van der Waals surface area contributed by atoms with Gasteiger partial charge in [0.2, 0.25) is 5.91 Å². The topological polar surface area (TPSA) is 82.2 Å². The first-order valence-corrected chi connectivity index (χ1v) is 13.7. The van der Waals surface area contributed by atoms with Gasteiger partial charge in [0.1, 0.15) is 22.6 Å². The number of thiophene rings is 1. The molecule has 0 aromatic carbocycles. The first kappa shape index (κ1) is 24.2. The molecule has 8 heteroatoms. The van der Waals surface area contributed by atoms with E-state index in [4.69, 9.17) is 4.98 Å². The van der Waals surface area contributed by atoms with Crippen LogP contribution in [0, 0.1) is 18.3 Å². The fourth-order valence-corrected chi connectivity index (χ4v) is 7.68. The number of nitriles is 1. The molecule has 2 aromatic rings. The van der Waals surface area contributed by atoms with E-state index in [9.17, 15) is 14.9 Å². The number of aromatic nitrogens is 2. The summed E-state index contributed by atoms with van der Waals surface area (Å²) in [5.41, 5.74) is 2.42. The van der Waals surface area contributed by atoms with Crippen molar-refractivity contribution in [3.63, 3.8) is 0 Å². The fraction of sp³-hybridized carbons (Fsp3) is 0.630. The predicted molar refractivity (Wildman–Crippen MR) is 135 cm³/mol. The molecule has 5 rings (SSSR count). The maximum atomic E-state index is 12.0. The predicted octanol–water partition coefficient (Wildman–Crippen LogP) is 4.35. The first-order chi connectivity index (χ1) is 16.8. The molecule has 5 heterocycles. The largest absolute Gasteiger partial charge is 0.337 e. The number of imidazole rings is 1. The van der Waals surface area contributed by atoms with Crippen LogP contribution < -0.4 is 0 Å². The molecule has 0 N–H and O–H groups in total. The van der Waals surface area contributed by atoms with Gasteiger partial charge in [0.15, 0.2) is 0 Å². The van der Waals surface area contributed by atoms with Gasteiger partial charge >= 0.3 is 0 Å². The molecule has 0 spiro atoms. The van der Waals surface area contributed by atoms with Crippen LogP contribution in [-0.4, -0.2) is 56.2 Å². The molecule has 35 heavy (non-hydrogen) atoms. The summed E-state index contributed by atoms with van der Waals surface area (Å²) < 4.78 is 2.50. The highest BCUT2D eigenvalue weighted by molar-refractivity contribution is 7.12. The van der Waals surface area contributed by atoms with Gasteiger partial charge in [-0.05, 0) is 64.6 Å². The Kier molecular flexibility index (Phi) is 6.82. The van der Waals surface area contributed by atoms with Crippen LogP contribution in [0.5, 0.6) is 0 Å². The van der Waals surface area contributed by atoms with Crippen molar-refractivity contribution in [3.05, 3.63) is 39.1 Å². The number of fused-ring (bicyclic) bond motifs is 3. The van der Waals surface area contributed by atoms with Crippen LogP contribution in [0.15, 0.2) is 12.1 Å². The molecule has 2 aromatic heterocycles. The van der Waals surface area contributed by atoms with Gasteiger partial charge in [-0.3, -0.25) is 9.69 Å². The van der Waals surface area contributed by atoms with Crippen molar-refractivity contribution in [3.8, 4) is 6.07 Å². The number of Topliss-reactive ketones (excluding diaryl/α,β-unsaturated/α-hetero) is 1. The Labute approximate surface area is 211 Å². The van der Waals surface area contributed by atoms with E-state index in [1.165, 1.54) is 34.7 Å². The van der Waals surface area contributed by atoms with Gasteiger partial charge in [-0.2, -0.15) is 5.26 Å². The number of ketones is 1. The zero-order valence-electron chi connectivity index (χ0n) is 21.0. The Morgan fingerprint density at radius 2 is 1.94 bits per heavy atom. The van der Waals surface area contributed by atoms with Gasteiger partial charge in [-0.1, -0.05) is 0 Å². The number of rotatable bonds is 7. The SMILES string of the molecule is CC(=O)C[C@@H](CCN1C2CCC1CC(n1c(C)nc3c1CCN(C(C)=O)C3)C2)c1ccc(C#N)s1. The van der Waals surface area contributed by atoms with Crippen LogP contribution in [0.3, 0.4) is 0 Å². The molecule has 3 atom stereocenters. The summed E-state index contributed by atoms with van der Waals surface area (Å²) >= 11 is 1.54. The van der Waals surface area contributed by atoms with E-state index in [1.54, 1.807) is 13.8 Å². The number of nitrogens with zero attached hydrogens (tertiary/aromatic N) is 5. The Hall–Kier alpha value is -2.50. The average Bonchev–Trinajstić information content (AvgIpc) is 3.49. The third kappa shape index (κ3) is 4.81. The maximum absolute atomic E-state index is 12.0. The maximum Gasteiger partial charge on any atom is 0.219 e. The minimum atomic E-state index is 0.128. The van der Waals surface area contributed by atoms with E-state index in [2.05, 4.69) is 22.5 Å². The summed E-state index contributed by atoms with van der Waals surface area (Å²) in [5, 5.41) is 9.22. The summed E-state index contributed by atoms with van der Waals surface area (Å²) in [6.45, 7) is 7.86. The molecule has 2 unspecified atom stereocenters. The highest BCUT2D eigenvalue weighted by atomic mass is 32.1. The minimum absolute atomic E-state index is 0.128. The number of aryl methyl sites for hydroxylation is 1. The van der Waals surface area contributed by atoms with Crippen molar-refractivity contribution in [1.82, 2.24) is 19.4 Å². The van der Waals surface area contributed by atoms with Crippen LogP contribution >= 0.6 is 11.3 Å². The molecule has 2 fully saturated rings. The molecular formula is C27H35N5O2S. The van der Waals surface area contributed by atoms with E-state index < -0.39 is 0 Å². The molecule has 7 nitrogen and oxygen atoms in total. The summed E-state index contributed by atoms with van der Waals surface area (Å²) in [5.74, 6) is 1.63. The van der Waals surface area contributed by atoms with E-state index in [0.29, 0.717) is 31.1 Å². The number of amides is 1. The van der Waals surface area contributed by atoms with E-state index >= 15 is 0 Å². The highest BCUT2D eigenvalue weighted by Crippen LogP contribution is 2.43. The van der Waals surface area contributed by atoms with Gasteiger partial charge in [0.25, 0.3) is 0 Å². The zero-order chi connectivity index (χ0) is 24.7. The summed E-state index contributed by atoms with van der Waals surface area (Å²) in [4.78, 5) is 35.2. The minimum Gasteiger partial charge on any atom is -0.337 e. The molecule has 0 saturated carbocycles. The normalized spacial score (nSPS) is 24.7. The Balaban J connectivity index is 1.27. The lowest BCUT2D eigenvalue weighted by atomic mass is 9.93. The van der Waals surface area contributed by atoms with Crippen molar-refractivity contribution in [2.75, 3.05) is 13.1 Å². The Morgan fingerprint density at radius 3 is 2.57 bits per heavy atom. The van der Waals surface area contributed by atoms with Crippen molar-refractivity contribution in [2.24, 2.45) is 0 Å². The fourth-order valence-electron chi connectivity index (χ4n) is 6.74. The molecule has 0 aliphatic carbocycles. The van der Waals surface area contributed by atoms with Crippen LogP contribution in [0.1, 0.15) is 91.3 Å². The Bertz CT molecular complexity index is 1150. The molecule has 0 radical (unpaired) electrons. The number of carbonyl (C=O) groups is 2. The summed E-state index contributed by atoms with van der Waals surface area (Å²) in [6.07, 6.45) is 7.17. The van der Waals surface area contributed by atoms with E-state index in [0.717, 1.165) is 55.2 Å². The van der Waals surface area contributed by atoms with E-state index in [-0.39, 0.29) is 17.6 Å². The monoisotopic (exact) mass is 493 g/mol. The number of hydrogen-bond acceptors (Lipinski definition) is 6. The Morgan fingerprint density at radius 1 is 1.20 bits per heavy atom. The first-order valence-electron chi connectivity index (χ1n) is 12.9. The molecule has 186 valence electrons. The van der Waals surface area contributed by atoms with Crippen molar-refractivity contribution in [2.45, 2.75) is 96.3 Å². The van der Waals surface area contributed by atoms with Gasteiger partial charge < -0.3 is 14.3 Å². The lowest BCUT2D eigenvalue weighted by molar-refractivity contribution is -0.129. The van der Waals surface area contributed by atoms with Crippen LogP contribution in [-0.2, 0) is 22.6 Å². The highest BCUT2D eigenvalue weighted by Gasteiger charge is 2.42. The summed E-state index contributed by atoms with van der Waals surface area (Å²) in [6, 6.07) is 7.78. The molecule has 2 saturated heterocycles. The van der Waals surface area contributed by atoms with Crippen molar-refractivity contribution >= 4 is 23.0 Å². The lowest BCUT2D eigenvalue weighted by Crippen LogP contribution is -2.44. The van der Waals surface area contributed by atoms with Crippen LogP contribution in [0.2, 0.25) is 0 Å². The number of piperidine rings is 1. The number of carbonyl (C=O) groups excluding carboxylic acids is 2. The van der Waals surface area contributed by atoms with E-state index in [1.807, 2.05) is 17.0 Å². The smallest absolute Gasteiger partial charge is 0.219 e. The molecule has 2 bridgehead atoms. The quantitative estimate of drug-likeness (QED) is 0.573. The second-order valence-corrected chi connectivity index (χ2v) is 11.7. The van der Waals surface area contributed by atoms with Gasteiger partial charge in [0, 0.05) is 60.9 Å². The van der Waals surface area contributed by atoms with Crippen molar-refractivity contribution < 1.29 is 9.59 Å². The standard InChI is InChI=1S/C27H35N5O2S/c1-17(33)12-20(27-7-6-24(15-28)35-27)8-11-31-21-4-5-22(31)14-23(13-21)32-18(2)29-25-16-30(19(3)34)10-9-26(25)32/h6-7,20-23H,4-5,8-14,16H2,1-3H3/t20-,21?,22?,23?/m1/s1. The molecular weight excluding hydrogens is 458 g/mol. The van der Waals surface area contributed by atoms with Crippen molar-refractivity contribution in [1.29, 1.82) is 5.26 Å². The second-order valence-electron chi connectivity index (χ2n) is 10.6. The third-order valence-electron chi connectivity index (χ3n) is 8.31.